The third kappa shape index (κ3) is 10.0. The Balaban J connectivity index is 1.15. The van der Waals surface area contributed by atoms with Crippen LogP contribution < -0.4 is 26.0 Å². The van der Waals surface area contributed by atoms with Gasteiger partial charge in [-0.2, -0.15) is 28.1 Å². The number of hydrogen-bond acceptors (Lipinski definition) is 9. The van der Waals surface area contributed by atoms with Crippen LogP contribution in [0.2, 0.25) is 5.02 Å². The summed E-state index contributed by atoms with van der Waals surface area (Å²) in [5, 5.41) is 12.0. The molecular formula is C33H32ClF3N8O4. The van der Waals surface area contributed by atoms with Crippen molar-refractivity contribution in [3.8, 4) is 6.01 Å². The second-order valence-corrected chi connectivity index (χ2v) is 11.7. The van der Waals surface area contributed by atoms with Crippen molar-refractivity contribution < 1.29 is 32.3 Å². The minimum Gasteiger partial charge on any atom is -0.454 e. The van der Waals surface area contributed by atoms with Gasteiger partial charge in [0.25, 0.3) is 5.91 Å². The number of carbonyl (C=O) groups excluding carboxylic acids is 3. The van der Waals surface area contributed by atoms with Gasteiger partial charge in [-0.25, -0.2) is 0 Å². The molecule has 1 heterocycles. The molecule has 0 bridgehead atoms. The summed E-state index contributed by atoms with van der Waals surface area (Å²) in [7, 11) is 1.50. The molecule has 49 heavy (non-hydrogen) atoms. The number of carbonyl (C=O) groups is 3. The zero-order valence-electron chi connectivity index (χ0n) is 26.2. The Morgan fingerprint density at radius 1 is 0.898 bits per heavy atom. The highest BCUT2D eigenvalue weighted by molar-refractivity contribution is 6.39. The summed E-state index contributed by atoms with van der Waals surface area (Å²) in [6, 6.07) is 21.5. The number of nitrogens with one attached hydrogen (secondary N) is 4. The van der Waals surface area contributed by atoms with Gasteiger partial charge in [-0.3, -0.25) is 14.4 Å². The number of ether oxygens (including phenoxy) is 1. The molecule has 12 nitrogen and oxygen atoms in total. The van der Waals surface area contributed by atoms with Crippen molar-refractivity contribution in [3.05, 3.63) is 95.0 Å². The molecule has 256 valence electrons. The van der Waals surface area contributed by atoms with Gasteiger partial charge in [0.2, 0.25) is 11.9 Å². The van der Waals surface area contributed by atoms with Crippen LogP contribution in [-0.4, -0.2) is 70.5 Å². The normalized spacial score (nSPS) is 13.2. The lowest BCUT2D eigenvalue weighted by molar-refractivity contribution is -0.154. The van der Waals surface area contributed by atoms with Crippen LogP contribution in [0, 0.1) is 0 Å². The van der Waals surface area contributed by atoms with Crippen molar-refractivity contribution in [1.29, 1.82) is 0 Å². The number of alkyl halides is 3. The highest BCUT2D eigenvalue weighted by Crippen LogP contribution is 2.48. The number of amides is 3. The topological polar surface area (TPSA) is 150 Å². The molecule has 4 aromatic rings. The minimum atomic E-state index is -4.60. The van der Waals surface area contributed by atoms with Crippen LogP contribution in [0.25, 0.3) is 0 Å². The van der Waals surface area contributed by atoms with Crippen LogP contribution in [0.5, 0.6) is 6.01 Å². The molecule has 1 aliphatic rings. The number of nitrogens with zero attached hydrogens (tertiary/aromatic N) is 4. The number of anilines is 4. The standard InChI is InChI=1S/C33H32ClF3N8O4/c1-45(28(48)27(47)39-24-6-3-2-4-7-24)19-5-18-38-26(46)21-8-14-25(15-9-21)40-29-41-30(43-31(42-29)49-20-33(35,36)37)44-32(16-17-32)22-10-12-23(34)13-11-22/h2-4,6-15H,5,16-20H2,1H3,(H,38,46)(H,39,47)(H2,40,41,42,43,44). The van der Waals surface area contributed by atoms with Crippen molar-refractivity contribution in [2.75, 3.05) is 42.7 Å². The van der Waals surface area contributed by atoms with Gasteiger partial charge in [-0.1, -0.05) is 41.9 Å². The molecule has 0 radical (unpaired) electrons. The molecule has 0 unspecified atom stereocenters. The van der Waals surface area contributed by atoms with Crippen LogP contribution >= 0.6 is 11.6 Å². The lowest BCUT2D eigenvalue weighted by Crippen LogP contribution is -2.38. The zero-order chi connectivity index (χ0) is 35.0. The first-order valence-corrected chi connectivity index (χ1v) is 15.5. The van der Waals surface area contributed by atoms with Gasteiger partial charge in [0.15, 0.2) is 6.61 Å². The SMILES string of the molecule is CN(CCCNC(=O)c1ccc(Nc2nc(NC3(c4ccc(Cl)cc4)CC3)nc(OCC(F)(F)F)n2)cc1)C(=O)C(=O)Nc1ccccc1. The van der Waals surface area contributed by atoms with Gasteiger partial charge in [0.05, 0.1) is 5.54 Å². The Hall–Kier alpha value is -5.44. The second kappa shape index (κ2) is 15.2. The van der Waals surface area contributed by atoms with Crippen LogP contribution in [0.3, 0.4) is 0 Å². The van der Waals surface area contributed by atoms with Crippen molar-refractivity contribution in [1.82, 2.24) is 25.2 Å². The molecule has 5 rings (SSSR count). The molecule has 3 aromatic carbocycles. The summed E-state index contributed by atoms with van der Waals surface area (Å²) in [4.78, 5) is 50.9. The molecule has 0 saturated heterocycles. The van der Waals surface area contributed by atoms with E-state index in [0.717, 1.165) is 18.4 Å². The van der Waals surface area contributed by atoms with Crippen molar-refractivity contribution >= 4 is 52.6 Å². The number of aromatic nitrogens is 3. The van der Waals surface area contributed by atoms with E-state index >= 15 is 0 Å². The minimum absolute atomic E-state index is 0.0160. The number of rotatable bonds is 13. The summed E-state index contributed by atoms with van der Waals surface area (Å²) in [6.07, 6.45) is -2.71. The molecule has 0 spiro atoms. The summed E-state index contributed by atoms with van der Waals surface area (Å²) < 4.78 is 43.5. The number of halogens is 4. The molecule has 1 saturated carbocycles. The maximum absolute atomic E-state index is 12.9. The number of likely N-dealkylation sites (N-methyl/N-ethyl adjacent to an activating group) is 1. The maximum atomic E-state index is 12.9. The molecule has 0 aliphatic heterocycles. The van der Waals surface area contributed by atoms with E-state index in [-0.39, 0.29) is 30.9 Å². The highest BCUT2D eigenvalue weighted by Gasteiger charge is 2.45. The van der Waals surface area contributed by atoms with E-state index in [1.165, 1.54) is 11.9 Å². The molecule has 4 N–H and O–H groups in total. The quantitative estimate of drug-likeness (QED) is 0.105. The average Bonchev–Trinajstić information content (AvgIpc) is 3.86. The fraction of sp³-hybridized carbons (Fsp3) is 0.273. The lowest BCUT2D eigenvalue weighted by Gasteiger charge is -2.19. The third-order valence-electron chi connectivity index (χ3n) is 7.41. The summed E-state index contributed by atoms with van der Waals surface area (Å²) in [6.45, 7) is -1.10. The second-order valence-electron chi connectivity index (χ2n) is 11.2. The smallest absolute Gasteiger partial charge is 0.422 e. The Morgan fingerprint density at radius 2 is 1.57 bits per heavy atom. The van der Waals surface area contributed by atoms with Crippen LogP contribution in [0.15, 0.2) is 78.9 Å². The molecule has 3 amide bonds. The fourth-order valence-corrected chi connectivity index (χ4v) is 4.83. The van der Waals surface area contributed by atoms with Gasteiger partial charge >= 0.3 is 24.0 Å². The molecule has 1 aliphatic carbocycles. The molecule has 1 aromatic heterocycles. The largest absolute Gasteiger partial charge is 0.454 e. The Labute approximate surface area is 284 Å². The van der Waals surface area contributed by atoms with Crippen molar-refractivity contribution in [2.24, 2.45) is 0 Å². The molecular weight excluding hydrogens is 665 g/mol. The summed E-state index contributed by atoms with van der Waals surface area (Å²) in [5.74, 6) is -1.89. The van der Waals surface area contributed by atoms with Crippen LogP contribution in [0.1, 0.15) is 35.2 Å². The van der Waals surface area contributed by atoms with Gasteiger partial charge in [0.1, 0.15) is 0 Å². The maximum Gasteiger partial charge on any atom is 0.422 e. The molecule has 16 heteroatoms. The van der Waals surface area contributed by atoms with E-state index in [1.807, 2.05) is 12.1 Å². The van der Waals surface area contributed by atoms with Crippen molar-refractivity contribution in [2.45, 2.75) is 31.0 Å². The van der Waals surface area contributed by atoms with Gasteiger partial charge < -0.3 is 30.9 Å². The first-order chi connectivity index (χ1) is 23.4. The van der Waals surface area contributed by atoms with Crippen LogP contribution in [-0.2, 0) is 15.1 Å². The number of para-hydroxylation sites is 1. The van der Waals surface area contributed by atoms with E-state index in [9.17, 15) is 27.6 Å². The zero-order valence-corrected chi connectivity index (χ0v) is 26.9. The van der Waals surface area contributed by atoms with Gasteiger partial charge in [0, 0.05) is 42.1 Å². The van der Waals surface area contributed by atoms with E-state index in [4.69, 9.17) is 16.3 Å². The van der Waals surface area contributed by atoms with Crippen molar-refractivity contribution in [3.63, 3.8) is 0 Å². The van der Waals surface area contributed by atoms with E-state index < -0.39 is 36.1 Å². The van der Waals surface area contributed by atoms with E-state index in [1.54, 1.807) is 66.7 Å². The Kier molecular flexibility index (Phi) is 10.8. The summed E-state index contributed by atoms with van der Waals surface area (Å²) in [5.41, 5.74) is 1.70. The van der Waals surface area contributed by atoms with Gasteiger partial charge in [-0.15, -0.1) is 0 Å². The predicted octanol–water partition coefficient (Wildman–Crippen LogP) is 5.53. The predicted molar refractivity (Wildman–Crippen MR) is 177 cm³/mol. The Morgan fingerprint density at radius 3 is 2.22 bits per heavy atom. The highest BCUT2D eigenvalue weighted by atomic mass is 35.5. The Bertz CT molecular complexity index is 1770. The monoisotopic (exact) mass is 696 g/mol. The number of hydrogen-bond donors (Lipinski definition) is 4. The van der Waals surface area contributed by atoms with Crippen LogP contribution in [0.4, 0.5) is 36.4 Å². The fourth-order valence-electron chi connectivity index (χ4n) is 4.71. The first-order valence-electron chi connectivity index (χ1n) is 15.2. The van der Waals surface area contributed by atoms with E-state index in [0.29, 0.717) is 28.4 Å². The van der Waals surface area contributed by atoms with E-state index in [2.05, 4.69) is 36.2 Å². The summed E-state index contributed by atoms with van der Waals surface area (Å²) >= 11 is 6.02. The first kappa shape index (κ1) is 34.9. The van der Waals surface area contributed by atoms with Gasteiger partial charge in [-0.05, 0) is 73.4 Å². The molecule has 1 fully saturated rings. The average molecular weight is 697 g/mol. The number of benzene rings is 3. The molecule has 0 atom stereocenters. The third-order valence-corrected chi connectivity index (χ3v) is 7.66. The lowest BCUT2D eigenvalue weighted by atomic mass is 10.1.